The highest BCUT2D eigenvalue weighted by Gasteiger charge is 2.25. The molecule has 1 amide bonds. The van der Waals surface area contributed by atoms with Crippen molar-refractivity contribution in [2.24, 2.45) is 0 Å². The molecule has 1 aliphatic heterocycles. The molecule has 1 heterocycles. The zero-order valence-corrected chi connectivity index (χ0v) is 11.7. The first kappa shape index (κ1) is 14.5. The predicted octanol–water partition coefficient (Wildman–Crippen LogP) is 2.51. The normalized spacial score (nSPS) is 20.9. The zero-order valence-electron chi connectivity index (χ0n) is 11.7. The van der Waals surface area contributed by atoms with Crippen LogP contribution in [0.5, 0.6) is 0 Å². The summed E-state index contributed by atoms with van der Waals surface area (Å²) in [4.78, 5) is 16.2. The number of hydrogen-bond acceptors (Lipinski definition) is 2. The van der Waals surface area contributed by atoms with Gasteiger partial charge in [0.05, 0.1) is 0 Å². The monoisotopic (exact) mass is 240 g/mol. The summed E-state index contributed by atoms with van der Waals surface area (Å²) in [7, 11) is 0. The van der Waals surface area contributed by atoms with Gasteiger partial charge in [0.25, 0.3) is 0 Å². The maximum absolute atomic E-state index is 11.6. The van der Waals surface area contributed by atoms with Crippen LogP contribution in [0.15, 0.2) is 0 Å². The number of piperidine rings is 1. The first-order chi connectivity index (χ1) is 8.19. The maximum Gasteiger partial charge on any atom is 0.219 e. The van der Waals surface area contributed by atoms with Crippen molar-refractivity contribution >= 4 is 5.91 Å². The molecule has 0 saturated carbocycles. The van der Waals surface area contributed by atoms with Crippen LogP contribution in [-0.4, -0.2) is 47.9 Å². The number of likely N-dealkylation sites (tertiary alicyclic amines) is 1. The van der Waals surface area contributed by atoms with Gasteiger partial charge < -0.3 is 9.80 Å². The van der Waals surface area contributed by atoms with E-state index in [4.69, 9.17) is 0 Å². The van der Waals surface area contributed by atoms with Crippen LogP contribution in [0.1, 0.15) is 52.9 Å². The summed E-state index contributed by atoms with van der Waals surface area (Å²) < 4.78 is 0. The van der Waals surface area contributed by atoms with Crippen molar-refractivity contribution in [3.63, 3.8) is 0 Å². The van der Waals surface area contributed by atoms with Gasteiger partial charge in [0.1, 0.15) is 0 Å². The third-order valence-corrected chi connectivity index (χ3v) is 3.58. The summed E-state index contributed by atoms with van der Waals surface area (Å²) in [6.07, 6.45) is 6.04. The second kappa shape index (κ2) is 7.70. The molecule has 0 spiro atoms. The van der Waals surface area contributed by atoms with Crippen molar-refractivity contribution < 1.29 is 4.79 Å². The zero-order chi connectivity index (χ0) is 12.7. The van der Waals surface area contributed by atoms with Gasteiger partial charge in [0.15, 0.2) is 0 Å². The first-order valence-corrected chi connectivity index (χ1v) is 7.18. The number of carbonyl (C=O) groups excluding carboxylic acids is 1. The fraction of sp³-hybridized carbons (Fsp3) is 0.929. The molecule has 1 unspecified atom stereocenters. The molecule has 0 aromatic rings. The highest BCUT2D eigenvalue weighted by Crippen LogP contribution is 2.18. The second-order valence-corrected chi connectivity index (χ2v) is 5.16. The number of hydrogen-bond donors (Lipinski definition) is 0. The molecule has 3 heteroatoms. The van der Waals surface area contributed by atoms with Crippen molar-refractivity contribution in [3.05, 3.63) is 0 Å². The molecule has 0 N–H and O–H groups in total. The average molecular weight is 240 g/mol. The highest BCUT2D eigenvalue weighted by atomic mass is 16.2. The lowest BCUT2D eigenvalue weighted by Crippen LogP contribution is -2.49. The molecule has 0 aliphatic carbocycles. The van der Waals surface area contributed by atoms with Crippen LogP contribution in [0.4, 0.5) is 0 Å². The van der Waals surface area contributed by atoms with E-state index < -0.39 is 0 Å². The van der Waals surface area contributed by atoms with E-state index in [1.807, 2.05) is 0 Å². The summed E-state index contributed by atoms with van der Waals surface area (Å²) in [6, 6.07) is 0.458. The van der Waals surface area contributed by atoms with Crippen LogP contribution in [-0.2, 0) is 4.79 Å². The third kappa shape index (κ3) is 4.66. The Morgan fingerprint density at radius 1 is 1.24 bits per heavy atom. The van der Waals surface area contributed by atoms with E-state index in [0.29, 0.717) is 6.04 Å². The van der Waals surface area contributed by atoms with E-state index in [0.717, 1.165) is 26.2 Å². The van der Waals surface area contributed by atoms with Gasteiger partial charge in [-0.3, -0.25) is 4.79 Å². The van der Waals surface area contributed by atoms with Crippen LogP contribution in [0.2, 0.25) is 0 Å². The van der Waals surface area contributed by atoms with E-state index in [-0.39, 0.29) is 5.91 Å². The number of nitrogens with zero attached hydrogens (tertiary/aromatic N) is 2. The van der Waals surface area contributed by atoms with Crippen LogP contribution < -0.4 is 0 Å². The molecule has 1 saturated heterocycles. The number of carbonyl (C=O) groups is 1. The van der Waals surface area contributed by atoms with Gasteiger partial charge in [-0.05, 0) is 45.2 Å². The molecule has 1 fully saturated rings. The Labute approximate surface area is 106 Å². The molecule has 1 rings (SSSR count). The molecule has 0 aromatic heterocycles. The Balaban J connectivity index is 2.52. The van der Waals surface area contributed by atoms with E-state index in [9.17, 15) is 4.79 Å². The van der Waals surface area contributed by atoms with Crippen molar-refractivity contribution in [2.45, 2.75) is 58.9 Å². The maximum atomic E-state index is 11.6. The Kier molecular flexibility index (Phi) is 6.56. The Hall–Kier alpha value is -0.570. The van der Waals surface area contributed by atoms with Crippen LogP contribution in [0, 0.1) is 0 Å². The minimum atomic E-state index is 0.252. The lowest BCUT2D eigenvalue weighted by Gasteiger charge is -2.38. The first-order valence-electron chi connectivity index (χ1n) is 7.18. The van der Waals surface area contributed by atoms with Gasteiger partial charge in [-0.1, -0.05) is 13.8 Å². The predicted molar refractivity (Wildman–Crippen MR) is 72.0 cm³/mol. The molecule has 17 heavy (non-hydrogen) atoms. The molecule has 1 atom stereocenters. The number of amides is 1. The molecular formula is C14H28N2O. The largest absolute Gasteiger partial charge is 0.339 e. The van der Waals surface area contributed by atoms with Gasteiger partial charge in [0, 0.05) is 26.1 Å². The summed E-state index contributed by atoms with van der Waals surface area (Å²) in [5.41, 5.74) is 0. The second-order valence-electron chi connectivity index (χ2n) is 5.16. The summed E-state index contributed by atoms with van der Waals surface area (Å²) in [5, 5.41) is 0. The topological polar surface area (TPSA) is 23.6 Å². The Morgan fingerprint density at radius 3 is 2.41 bits per heavy atom. The molecule has 1 aliphatic rings. The quantitative estimate of drug-likeness (QED) is 0.712. The molecule has 0 aromatic carbocycles. The molecule has 0 radical (unpaired) electrons. The minimum Gasteiger partial charge on any atom is -0.339 e. The fourth-order valence-corrected chi connectivity index (χ4v) is 2.83. The molecule has 0 bridgehead atoms. The van der Waals surface area contributed by atoms with Gasteiger partial charge >= 0.3 is 0 Å². The SMILES string of the molecule is CCCN(CCC)CC1CCCCN1C(C)=O. The minimum absolute atomic E-state index is 0.252. The highest BCUT2D eigenvalue weighted by molar-refractivity contribution is 5.73. The smallest absolute Gasteiger partial charge is 0.219 e. The van der Waals surface area contributed by atoms with E-state index >= 15 is 0 Å². The fourth-order valence-electron chi connectivity index (χ4n) is 2.83. The summed E-state index contributed by atoms with van der Waals surface area (Å²) in [6.45, 7) is 10.5. The Bertz CT molecular complexity index is 224. The van der Waals surface area contributed by atoms with Crippen molar-refractivity contribution in [1.82, 2.24) is 9.80 Å². The standard InChI is InChI=1S/C14H28N2O/c1-4-9-15(10-5-2)12-14-8-6-7-11-16(14)13(3)17/h14H,4-12H2,1-3H3. The van der Waals surface area contributed by atoms with Crippen molar-refractivity contribution in [2.75, 3.05) is 26.2 Å². The third-order valence-electron chi connectivity index (χ3n) is 3.58. The average Bonchev–Trinajstić information content (AvgIpc) is 2.30. The van der Waals surface area contributed by atoms with Gasteiger partial charge in [-0.2, -0.15) is 0 Å². The molecule has 3 nitrogen and oxygen atoms in total. The summed E-state index contributed by atoms with van der Waals surface area (Å²) in [5.74, 6) is 0.252. The van der Waals surface area contributed by atoms with Gasteiger partial charge in [-0.25, -0.2) is 0 Å². The van der Waals surface area contributed by atoms with E-state index in [2.05, 4.69) is 23.6 Å². The van der Waals surface area contributed by atoms with Gasteiger partial charge in [0.2, 0.25) is 5.91 Å². The van der Waals surface area contributed by atoms with Crippen LogP contribution in [0.3, 0.4) is 0 Å². The lowest BCUT2D eigenvalue weighted by molar-refractivity contribution is -0.132. The van der Waals surface area contributed by atoms with E-state index in [1.165, 1.54) is 32.1 Å². The summed E-state index contributed by atoms with van der Waals surface area (Å²) >= 11 is 0. The van der Waals surface area contributed by atoms with Crippen molar-refractivity contribution in [1.29, 1.82) is 0 Å². The molecular weight excluding hydrogens is 212 g/mol. The van der Waals surface area contributed by atoms with Crippen molar-refractivity contribution in [3.8, 4) is 0 Å². The molecule has 100 valence electrons. The Morgan fingerprint density at radius 2 is 1.88 bits per heavy atom. The lowest BCUT2D eigenvalue weighted by atomic mass is 10.0. The van der Waals surface area contributed by atoms with Gasteiger partial charge in [-0.15, -0.1) is 0 Å². The van der Waals surface area contributed by atoms with E-state index in [1.54, 1.807) is 6.92 Å². The van der Waals surface area contributed by atoms with Crippen LogP contribution >= 0.6 is 0 Å². The van der Waals surface area contributed by atoms with Crippen LogP contribution in [0.25, 0.3) is 0 Å². The number of rotatable bonds is 6.